The molecule has 0 aromatic carbocycles. The second kappa shape index (κ2) is 5.18. The summed E-state index contributed by atoms with van der Waals surface area (Å²) in [6.07, 6.45) is 4.28. The van der Waals surface area contributed by atoms with Crippen LogP contribution in [0.2, 0.25) is 0 Å². The summed E-state index contributed by atoms with van der Waals surface area (Å²) in [7, 11) is 0. The highest BCUT2D eigenvalue weighted by molar-refractivity contribution is 9.10. The molecule has 0 unspecified atom stereocenters. The number of halogens is 1. The van der Waals surface area contributed by atoms with Crippen molar-refractivity contribution in [2.45, 2.75) is 31.7 Å². The lowest BCUT2D eigenvalue weighted by Gasteiger charge is -2.35. The Morgan fingerprint density at radius 2 is 2.29 bits per heavy atom. The number of nitrogen functional groups attached to an aromatic ring is 1. The van der Waals surface area contributed by atoms with Crippen LogP contribution in [0.5, 0.6) is 0 Å². The van der Waals surface area contributed by atoms with Crippen LogP contribution < -0.4 is 5.73 Å². The largest absolute Gasteiger partial charge is 0.465 e. The summed E-state index contributed by atoms with van der Waals surface area (Å²) in [6.45, 7) is 2.39. The number of anilines is 1. The number of nitrogens with two attached hydrogens (primary N) is 1. The Labute approximate surface area is 129 Å². The minimum Gasteiger partial charge on any atom is -0.465 e. The zero-order chi connectivity index (χ0) is 15.1. The summed E-state index contributed by atoms with van der Waals surface area (Å²) >= 11 is 3.41. The van der Waals surface area contributed by atoms with Crippen molar-refractivity contribution in [2.75, 3.05) is 12.3 Å². The second-order valence-electron chi connectivity index (χ2n) is 5.35. The number of carboxylic acid groups (broad SMARTS) is 1. The lowest BCUT2D eigenvalue weighted by atomic mass is 9.93. The maximum Gasteiger partial charge on any atom is 0.407 e. The first-order valence-corrected chi connectivity index (χ1v) is 7.55. The topological polar surface area (TPSA) is 96.8 Å². The number of fused-ring (bicyclic) bond motifs is 1. The highest BCUT2D eigenvalue weighted by atomic mass is 79.9. The molecule has 8 heteroatoms. The molecule has 3 heterocycles. The molecule has 112 valence electrons. The predicted molar refractivity (Wildman–Crippen MR) is 81.3 cm³/mol. The molecular formula is C13H16BrN5O2. The summed E-state index contributed by atoms with van der Waals surface area (Å²) < 4.78 is 2.54. The van der Waals surface area contributed by atoms with E-state index in [4.69, 9.17) is 5.73 Å². The van der Waals surface area contributed by atoms with Crippen LogP contribution in [-0.4, -0.2) is 43.1 Å². The van der Waals surface area contributed by atoms with Crippen molar-refractivity contribution in [3.05, 3.63) is 22.8 Å². The van der Waals surface area contributed by atoms with Crippen molar-refractivity contribution in [1.29, 1.82) is 0 Å². The van der Waals surface area contributed by atoms with Gasteiger partial charge in [-0.1, -0.05) is 0 Å². The van der Waals surface area contributed by atoms with E-state index in [1.807, 2.05) is 17.5 Å². The number of carbonyl (C=O) groups is 1. The molecule has 1 saturated heterocycles. The average molecular weight is 354 g/mol. The van der Waals surface area contributed by atoms with Gasteiger partial charge in [-0.25, -0.2) is 14.8 Å². The Hall–Kier alpha value is -1.83. The first-order chi connectivity index (χ1) is 9.99. The van der Waals surface area contributed by atoms with Gasteiger partial charge in [0.25, 0.3) is 0 Å². The van der Waals surface area contributed by atoms with E-state index in [2.05, 4.69) is 25.9 Å². The number of nitrogens with zero attached hydrogens (tertiary/aromatic N) is 4. The van der Waals surface area contributed by atoms with Crippen LogP contribution in [0.4, 0.5) is 10.6 Å². The number of likely N-dealkylation sites (tertiary alicyclic amines) is 1. The van der Waals surface area contributed by atoms with Gasteiger partial charge in [0.1, 0.15) is 15.9 Å². The number of hydrogen-bond acceptors (Lipinski definition) is 4. The third kappa shape index (κ3) is 2.33. The van der Waals surface area contributed by atoms with Gasteiger partial charge >= 0.3 is 6.09 Å². The molecule has 1 aliphatic rings. The molecule has 2 aromatic heterocycles. The molecular weight excluding hydrogens is 338 g/mol. The van der Waals surface area contributed by atoms with E-state index in [1.165, 1.54) is 4.90 Å². The highest BCUT2D eigenvalue weighted by Gasteiger charge is 2.32. The Morgan fingerprint density at radius 3 is 3.00 bits per heavy atom. The summed E-state index contributed by atoms with van der Waals surface area (Å²) in [5, 5.41) is 9.30. The molecule has 1 amide bonds. The predicted octanol–water partition coefficient (Wildman–Crippen LogP) is 2.32. The Morgan fingerprint density at radius 1 is 1.52 bits per heavy atom. The second-order valence-corrected chi connectivity index (χ2v) is 6.10. The molecule has 2 atom stereocenters. The molecule has 0 bridgehead atoms. The number of amides is 1. The van der Waals surface area contributed by atoms with Gasteiger partial charge in [0.15, 0.2) is 5.82 Å². The van der Waals surface area contributed by atoms with Crippen LogP contribution in [-0.2, 0) is 0 Å². The zero-order valence-corrected chi connectivity index (χ0v) is 13.1. The van der Waals surface area contributed by atoms with Crippen molar-refractivity contribution in [3.8, 4) is 0 Å². The minimum atomic E-state index is -0.881. The molecule has 3 N–H and O–H groups in total. The quantitative estimate of drug-likeness (QED) is 0.819. The van der Waals surface area contributed by atoms with Crippen LogP contribution >= 0.6 is 15.9 Å². The van der Waals surface area contributed by atoms with E-state index < -0.39 is 6.09 Å². The Kier molecular flexibility index (Phi) is 3.48. The van der Waals surface area contributed by atoms with Crippen molar-refractivity contribution in [3.63, 3.8) is 0 Å². The zero-order valence-electron chi connectivity index (χ0n) is 11.5. The molecule has 0 spiro atoms. The normalized spacial score (nSPS) is 22.7. The smallest absolute Gasteiger partial charge is 0.407 e. The molecule has 7 nitrogen and oxygen atoms in total. The van der Waals surface area contributed by atoms with E-state index in [1.54, 1.807) is 6.20 Å². The minimum absolute atomic E-state index is 0.0418. The van der Waals surface area contributed by atoms with Gasteiger partial charge in [-0.15, -0.1) is 0 Å². The average Bonchev–Trinajstić information content (AvgIpc) is 2.78. The summed E-state index contributed by atoms with van der Waals surface area (Å²) in [5.41, 5.74) is 6.62. The monoisotopic (exact) mass is 353 g/mol. The van der Waals surface area contributed by atoms with Gasteiger partial charge in [-0.3, -0.25) is 4.40 Å². The standard InChI is InChI=1S/C13H16BrN5O2/c1-7-2-3-8(6-19(7)13(20)21)12-17-10(14)9-11(15)16-4-5-18(9)12/h4-5,7-8H,2-3,6H2,1H3,(H2,15,16)(H,20,21)/t7-,8+/m0/s1. The highest BCUT2D eigenvalue weighted by Crippen LogP contribution is 2.33. The van der Waals surface area contributed by atoms with Crippen LogP contribution in [0.15, 0.2) is 17.0 Å². The molecule has 0 saturated carbocycles. The van der Waals surface area contributed by atoms with E-state index in [-0.39, 0.29) is 12.0 Å². The number of hydrogen-bond donors (Lipinski definition) is 2. The molecule has 2 aromatic rings. The van der Waals surface area contributed by atoms with E-state index in [0.717, 1.165) is 24.2 Å². The fourth-order valence-corrected chi connectivity index (χ4v) is 3.49. The number of imidazole rings is 1. The van der Waals surface area contributed by atoms with Gasteiger partial charge in [0.05, 0.1) is 0 Å². The third-order valence-electron chi connectivity index (χ3n) is 4.06. The maximum atomic E-state index is 11.3. The summed E-state index contributed by atoms with van der Waals surface area (Å²) in [4.78, 5) is 21.4. The van der Waals surface area contributed by atoms with Crippen molar-refractivity contribution in [2.24, 2.45) is 0 Å². The molecule has 3 rings (SSSR count). The number of aromatic nitrogens is 3. The first-order valence-electron chi connectivity index (χ1n) is 6.76. The van der Waals surface area contributed by atoms with Gasteiger partial charge in [-0.05, 0) is 35.7 Å². The van der Waals surface area contributed by atoms with Crippen LogP contribution in [0, 0.1) is 0 Å². The van der Waals surface area contributed by atoms with Crippen molar-refractivity contribution < 1.29 is 9.90 Å². The fourth-order valence-electron chi connectivity index (χ4n) is 2.92. The SMILES string of the molecule is C[C@H]1CC[C@@H](c2nc(Br)c3c(N)nccn23)CN1C(=O)O. The molecule has 1 fully saturated rings. The summed E-state index contributed by atoms with van der Waals surface area (Å²) in [6, 6.07) is 0.0418. The Bertz CT molecular complexity index is 701. The molecule has 0 radical (unpaired) electrons. The summed E-state index contributed by atoms with van der Waals surface area (Å²) in [5.74, 6) is 1.28. The van der Waals surface area contributed by atoms with Crippen LogP contribution in [0.25, 0.3) is 5.52 Å². The van der Waals surface area contributed by atoms with Crippen LogP contribution in [0.3, 0.4) is 0 Å². The van der Waals surface area contributed by atoms with Gasteiger partial charge in [0.2, 0.25) is 0 Å². The molecule has 21 heavy (non-hydrogen) atoms. The van der Waals surface area contributed by atoms with E-state index >= 15 is 0 Å². The third-order valence-corrected chi connectivity index (χ3v) is 4.61. The lowest BCUT2D eigenvalue weighted by molar-refractivity contribution is 0.104. The molecule has 1 aliphatic heterocycles. The maximum absolute atomic E-state index is 11.3. The molecule has 0 aliphatic carbocycles. The van der Waals surface area contributed by atoms with E-state index in [0.29, 0.717) is 17.0 Å². The van der Waals surface area contributed by atoms with Crippen molar-refractivity contribution in [1.82, 2.24) is 19.3 Å². The number of rotatable bonds is 1. The van der Waals surface area contributed by atoms with Crippen molar-refractivity contribution >= 4 is 33.4 Å². The van der Waals surface area contributed by atoms with E-state index in [9.17, 15) is 9.90 Å². The number of piperidine rings is 1. The van der Waals surface area contributed by atoms with Gasteiger partial charge in [-0.2, -0.15) is 0 Å². The first kappa shape index (κ1) is 14.1. The Balaban J connectivity index is 2.01. The lowest BCUT2D eigenvalue weighted by Crippen LogP contribution is -2.44. The van der Waals surface area contributed by atoms with Gasteiger partial charge in [0, 0.05) is 30.9 Å². The van der Waals surface area contributed by atoms with Gasteiger partial charge < -0.3 is 15.7 Å². The van der Waals surface area contributed by atoms with Crippen LogP contribution in [0.1, 0.15) is 31.5 Å². The fraction of sp³-hybridized carbons (Fsp3) is 0.462.